The van der Waals surface area contributed by atoms with E-state index < -0.39 is 5.79 Å². The van der Waals surface area contributed by atoms with E-state index in [2.05, 4.69) is 13.8 Å². The number of hydrogen-bond acceptors (Lipinski definition) is 4. The Balaban J connectivity index is 1.86. The molecule has 4 heteroatoms. The van der Waals surface area contributed by atoms with Crippen LogP contribution in [0.3, 0.4) is 0 Å². The zero-order chi connectivity index (χ0) is 14.8. The van der Waals surface area contributed by atoms with Crippen LogP contribution in [0.1, 0.15) is 46.5 Å². The van der Waals surface area contributed by atoms with Crippen molar-refractivity contribution in [3.05, 3.63) is 22.5 Å². The summed E-state index contributed by atoms with van der Waals surface area (Å²) in [5, 5.41) is 0. The third-order valence-electron chi connectivity index (χ3n) is 5.94. The van der Waals surface area contributed by atoms with Crippen molar-refractivity contribution in [1.82, 2.24) is 0 Å². The Morgan fingerprint density at radius 1 is 1.14 bits per heavy atom. The predicted molar refractivity (Wildman–Crippen MR) is 76.2 cm³/mol. The molecule has 0 unspecified atom stereocenters. The fraction of sp³-hybridized carbons (Fsp3) is 0.706. The van der Waals surface area contributed by atoms with E-state index in [1.165, 1.54) is 5.57 Å². The molecule has 0 aromatic carbocycles. The van der Waals surface area contributed by atoms with Gasteiger partial charge in [-0.3, -0.25) is 0 Å². The summed E-state index contributed by atoms with van der Waals surface area (Å²) in [6.07, 6.45) is 3.97. The summed E-state index contributed by atoms with van der Waals surface area (Å²) < 4.78 is 17.6. The van der Waals surface area contributed by atoms with Crippen LogP contribution in [0.15, 0.2) is 22.5 Å². The number of carbonyl (C=O) groups is 1. The second-order valence-electron chi connectivity index (χ2n) is 7.03. The van der Waals surface area contributed by atoms with Gasteiger partial charge in [0.1, 0.15) is 5.76 Å². The van der Waals surface area contributed by atoms with Gasteiger partial charge in [0.25, 0.3) is 0 Å². The fourth-order valence-electron chi connectivity index (χ4n) is 4.58. The van der Waals surface area contributed by atoms with Crippen LogP contribution >= 0.6 is 0 Å². The minimum Gasteiger partial charge on any atom is -0.423 e. The molecule has 4 aliphatic rings. The van der Waals surface area contributed by atoms with Gasteiger partial charge in [-0.15, -0.1) is 0 Å². The first-order chi connectivity index (χ1) is 9.97. The summed E-state index contributed by atoms with van der Waals surface area (Å²) >= 11 is 0. The summed E-state index contributed by atoms with van der Waals surface area (Å²) in [4.78, 5) is 12.0. The van der Waals surface area contributed by atoms with Crippen molar-refractivity contribution < 1.29 is 19.0 Å². The van der Waals surface area contributed by atoms with Gasteiger partial charge in [-0.05, 0) is 37.2 Å². The third-order valence-corrected chi connectivity index (χ3v) is 5.94. The van der Waals surface area contributed by atoms with E-state index in [9.17, 15) is 4.79 Å². The van der Waals surface area contributed by atoms with Crippen LogP contribution in [0.25, 0.3) is 0 Å². The fourth-order valence-corrected chi connectivity index (χ4v) is 4.58. The summed E-state index contributed by atoms with van der Waals surface area (Å²) in [6, 6.07) is 0. The molecule has 0 bridgehead atoms. The van der Waals surface area contributed by atoms with Gasteiger partial charge in [0.15, 0.2) is 5.79 Å². The van der Waals surface area contributed by atoms with Crippen LogP contribution < -0.4 is 0 Å². The summed E-state index contributed by atoms with van der Waals surface area (Å²) in [5.74, 6) is 0.268. The first kappa shape index (κ1) is 13.5. The molecule has 1 spiro atoms. The molecule has 2 fully saturated rings. The van der Waals surface area contributed by atoms with Gasteiger partial charge in [-0.25, -0.2) is 4.79 Å². The number of ether oxygens (including phenoxy) is 3. The maximum absolute atomic E-state index is 12.0. The highest BCUT2D eigenvalue weighted by Gasteiger charge is 2.56. The highest BCUT2D eigenvalue weighted by atomic mass is 16.7. The molecule has 2 aliphatic heterocycles. The second kappa shape index (κ2) is 4.20. The molecule has 2 atom stereocenters. The summed E-state index contributed by atoms with van der Waals surface area (Å²) in [7, 11) is 0. The summed E-state index contributed by atoms with van der Waals surface area (Å²) in [5.41, 5.74) is 3.22. The molecule has 1 saturated heterocycles. The molecule has 1 saturated carbocycles. The molecule has 0 N–H and O–H groups in total. The van der Waals surface area contributed by atoms with Crippen LogP contribution in [0.5, 0.6) is 0 Å². The number of carbonyl (C=O) groups excluding carboxylic acids is 1. The molecule has 4 nitrogen and oxygen atoms in total. The lowest BCUT2D eigenvalue weighted by molar-refractivity contribution is -0.206. The van der Waals surface area contributed by atoms with Crippen molar-refractivity contribution in [1.29, 1.82) is 0 Å². The molecule has 0 radical (unpaired) electrons. The molecular formula is C17H22O4. The second-order valence-corrected chi connectivity index (χ2v) is 7.03. The van der Waals surface area contributed by atoms with Crippen LogP contribution in [-0.4, -0.2) is 25.0 Å². The Morgan fingerprint density at radius 2 is 1.86 bits per heavy atom. The maximum atomic E-state index is 12.0. The zero-order valence-electron chi connectivity index (χ0n) is 13.0. The Kier molecular flexibility index (Phi) is 2.71. The molecule has 2 heterocycles. The number of esters is 1. The van der Waals surface area contributed by atoms with E-state index in [0.717, 1.165) is 42.6 Å². The smallest absolute Gasteiger partial charge is 0.339 e. The average molecular weight is 290 g/mol. The van der Waals surface area contributed by atoms with Crippen molar-refractivity contribution in [2.24, 2.45) is 11.3 Å². The van der Waals surface area contributed by atoms with Crippen molar-refractivity contribution in [3.8, 4) is 0 Å². The highest BCUT2D eigenvalue weighted by molar-refractivity contribution is 5.94. The van der Waals surface area contributed by atoms with E-state index in [0.29, 0.717) is 13.2 Å². The number of rotatable bonds is 0. The minimum atomic E-state index is -0.507. The Hall–Kier alpha value is -1.13. The Morgan fingerprint density at radius 3 is 2.57 bits per heavy atom. The number of allylic oxidation sites excluding steroid dienone is 1. The van der Waals surface area contributed by atoms with Crippen molar-refractivity contribution in [3.63, 3.8) is 0 Å². The average Bonchev–Trinajstić information content (AvgIpc) is 3.03. The topological polar surface area (TPSA) is 44.8 Å². The lowest BCUT2D eigenvalue weighted by atomic mass is 9.59. The first-order valence-electron chi connectivity index (χ1n) is 7.92. The number of hydrogen-bond donors (Lipinski definition) is 0. The highest BCUT2D eigenvalue weighted by Crippen LogP contribution is 2.59. The quantitative estimate of drug-likeness (QED) is 0.643. The molecule has 0 aromatic heterocycles. The Bertz CT molecular complexity index is 580. The van der Waals surface area contributed by atoms with E-state index in [-0.39, 0.29) is 17.3 Å². The minimum absolute atomic E-state index is 0.101. The van der Waals surface area contributed by atoms with Crippen LogP contribution in [0.2, 0.25) is 0 Å². The van der Waals surface area contributed by atoms with Gasteiger partial charge in [0, 0.05) is 23.5 Å². The van der Waals surface area contributed by atoms with Gasteiger partial charge in [-0.1, -0.05) is 13.8 Å². The van der Waals surface area contributed by atoms with E-state index in [1.807, 2.05) is 6.92 Å². The normalized spacial score (nSPS) is 37.9. The molecular weight excluding hydrogens is 268 g/mol. The summed E-state index contributed by atoms with van der Waals surface area (Å²) in [6.45, 7) is 7.65. The standard InChI is InChI=1S/C17H22O4/c1-10-12-4-5-16(3)6-7-17(19-8-9-20-17)11(2)13(16)14(12)21-15(10)18/h11H,4-9H2,1-3H3/t11-,16+/m1/s1. The largest absolute Gasteiger partial charge is 0.423 e. The maximum Gasteiger partial charge on any atom is 0.339 e. The van der Waals surface area contributed by atoms with Gasteiger partial charge < -0.3 is 14.2 Å². The lowest BCUT2D eigenvalue weighted by Gasteiger charge is -2.50. The lowest BCUT2D eigenvalue weighted by Crippen LogP contribution is -2.49. The molecule has 4 rings (SSSR count). The predicted octanol–water partition coefficient (Wildman–Crippen LogP) is 3.09. The van der Waals surface area contributed by atoms with Gasteiger partial charge in [0.2, 0.25) is 0 Å². The molecule has 2 aliphatic carbocycles. The van der Waals surface area contributed by atoms with Crippen molar-refractivity contribution in [2.75, 3.05) is 13.2 Å². The van der Waals surface area contributed by atoms with Crippen LogP contribution in [0, 0.1) is 11.3 Å². The van der Waals surface area contributed by atoms with Crippen molar-refractivity contribution in [2.45, 2.75) is 52.2 Å². The molecule has 0 aromatic rings. The van der Waals surface area contributed by atoms with Crippen LogP contribution in [0.4, 0.5) is 0 Å². The molecule has 21 heavy (non-hydrogen) atoms. The van der Waals surface area contributed by atoms with Gasteiger partial charge >= 0.3 is 5.97 Å². The molecule has 114 valence electrons. The Labute approximate surface area is 125 Å². The van der Waals surface area contributed by atoms with Crippen molar-refractivity contribution >= 4 is 5.97 Å². The molecule has 0 amide bonds. The van der Waals surface area contributed by atoms with E-state index in [4.69, 9.17) is 14.2 Å². The first-order valence-corrected chi connectivity index (χ1v) is 7.92. The zero-order valence-corrected chi connectivity index (χ0v) is 13.0. The number of fused-ring (bicyclic) bond motifs is 2. The van der Waals surface area contributed by atoms with Gasteiger partial charge in [0.05, 0.1) is 13.2 Å². The van der Waals surface area contributed by atoms with Crippen LogP contribution in [-0.2, 0) is 19.0 Å². The van der Waals surface area contributed by atoms with E-state index >= 15 is 0 Å². The SMILES string of the molecule is CC1=C2CC[C@@]3(C)CCC4(OCCO4)[C@H](C)C3=C2OC1=O. The van der Waals surface area contributed by atoms with E-state index in [1.54, 1.807) is 0 Å². The van der Waals surface area contributed by atoms with Gasteiger partial charge in [-0.2, -0.15) is 0 Å². The monoisotopic (exact) mass is 290 g/mol. The third kappa shape index (κ3) is 1.66.